The van der Waals surface area contributed by atoms with Gasteiger partial charge in [0.1, 0.15) is 0 Å². The molecule has 5 nitrogen and oxygen atoms in total. The standard InChI is InChI=1S/C25H26ClN3O2/c26-22-8-6-19(7-9-22)20(16-27-10-1-2-11-27)13-25(31)28-14-18-12-21(17-28)23-4-3-5-24(30)29(23)15-18/h1-11,18,20-21H,12-17H2/t18-,20+,21+/m1/s1. The van der Waals surface area contributed by atoms with E-state index < -0.39 is 0 Å². The number of pyridine rings is 1. The van der Waals surface area contributed by atoms with E-state index in [1.165, 1.54) is 0 Å². The summed E-state index contributed by atoms with van der Waals surface area (Å²) in [6.07, 6.45) is 5.58. The fraction of sp³-hybridized carbons (Fsp3) is 0.360. The quantitative estimate of drug-likeness (QED) is 0.605. The minimum absolute atomic E-state index is 0.0708. The molecule has 4 heterocycles. The Hall–Kier alpha value is -2.79. The highest BCUT2D eigenvalue weighted by Gasteiger charge is 2.36. The van der Waals surface area contributed by atoms with E-state index >= 15 is 0 Å². The number of amides is 1. The first-order valence-corrected chi connectivity index (χ1v) is 11.3. The summed E-state index contributed by atoms with van der Waals surface area (Å²) in [5.74, 6) is 0.847. The van der Waals surface area contributed by atoms with Crippen LogP contribution in [0.2, 0.25) is 5.02 Å². The van der Waals surface area contributed by atoms with E-state index in [2.05, 4.69) is 4.57 Å². The van der Waals surface area contributed by atoms with Gasteiger partial charge in [-0.25, -0.2) is 0 Å². The summed E-state index contributed by atoms with van der Waals surface area (Å²) in [7, 11) is 0. The zero-order valence-corrected chi connectivity index (χ0v) is 18.1. The Bertz CT molecular complexity index is 1120. The number of likely N-dealkylation sites (tertiary alicyclic amines) is 1. The molecule has 3 atom stereocenters. The molecule has 2 aromatic heterocycles. The molecule has 1 fully saturated rings. The maximum Gasteiger partial charge on any atom is 0.250 e. The summed E-state index contributed by atoms with van der Waals surface area (Å²) in [5, 5.41) is 0.701. The van der Waals surface area contributed by atoms with E-state index in [4.69, 9.17) is 11.6 Å². The lowest BCUT2D eigenvalue weighted by molar-refractivity contribution is -0.134. The van der Waals surface area contributed by atoms with Crippen LogP contribution >= 0.6 is 11.6 Å². The van der Waals surface area contributed by atoms with Crippen molar-refractivity contribution in [1.82, 2.24) is 14.0 Å². The third-order valence-electron chi connectivity index (χ3n) is 6.69. The molecule has 6 heteroatoms. The van der Waals surface area contributed by atoms with Gasteiger partial charge in [-0.15, -0.1) is 0 Å². The first-order chi connectivity index (χ1) is 15.1. The molecule has 0 saturated carbocycles. The molecule has 0 unspecified atom stereocenters. The van der Waals surface area contributed by atoms with Gasteiger partial charge in [0.05, 0.1) is 0 Å². The number of benzene rings is 1. The lowest BCUT2D eigenvalue weighted by atomic mass is 9.82. The summed E-state index contributed by atoms with van der Waals surface area (Å²) in [6, 6.07) is 17.4. The lowest BCUT2D eigenvalue weighted by Gasteiger charge is -2.43. The normalized spacial score (nSPS) is 20.9. The second-order valence-electron chi connectivity index (χ2n) is 8.83. The fourth-order valence-electron chi connectivity index (χ4n) is 5.21. The van der Waals surface area contributed by atoms with Gasteiger partial charge in [-0.3, -0.25) is 9.59 Å². The number of halogens is 1. The predicted octanol–water partition coefficient (Wildman–Crippen LogP) is 4.12. The van der Waals surface area contributed by atoms with Crippen molar-refractivity contribution in [1.29, 1.82) is 0 Å². The number of rotatable bonds is 5. The smallest absolute Gasteiger partial charge is 0.250 e. The number of carbonyl (C=O) groups is 1. The van der Waals surface area contributed by atoms with Crippen molar-refractivity contribution in [2.24, 2.45) is 5.92 Å². The number of carbonyl (C=O) groups excluding carboxylic acids is 1. The summed E-state index contributed by atoms with van der Waals surface area (Å²) < 4.78 is 4.03. The van der Waals surface area contributed by atoms with Crippen molar-refractivity contribution < 1.29 is 4.79 Å². The molecule has 3 aromatic rings. The highest BCUT2D eigenvalue weighted by atomic mass is 35.5. The molecule has 0 radical (unpaired) electrons. The van der Waals surface area contributed by atoms with Crippen molar-refractivity contribution in [2.75, 3.05) is 13.1 Å². The van der Waals surface area contributed by atoms with Gasteiger partial charge in [0.2, 0.25) is 5.91 Å². The second kappa shape index (κ2) is 8.39. The average Bonchev–Trinajstić information content (AvgIpc) is 3.28. The largest absolute Gasteiger partial charge is 0.354 e. The van der Waals surface area contributed by atoms with Gasteiger partial charge >= 0.3 is 0 Å². The topological polar surface area (TPSA) is 47.2 Å². The van der Waals surface area contributed by atoms with E-state index in [0.717, 1.165) is 30.8 Å². The molecular formula is C25H26ClN3O2. The summed E-state index contributed by atoms with van der Waals surface area (Å²) in [6.45, 7) is 2.88. The SMILES string of the molecule is O=C(C[C@@H](Cn1cccc1)c1ccc(Cl)cc1)N1C[C@H]2C[C@@H](C1)c1cccc(=O)n1C2. The van der Waals surface area contributed by atoms with Gasteiger partial charge in [-0.05, 0) is 48.2 Å². The second-order valence-corrected chi connectivity index (χ2v) is 9.27. The molecule has 0 spiro atoms. The van der Waals surface area contributed by atoms with Crippen LogP contribution in [-0.4, -0.2) is 33.0 Å². The van der Waals surface area contributed by atoms with Gasteiger partial charge in [0.25, 0.3) is 5.56 Å². The molecule has 1 aromatic carbocycles. The lowest BCUT2D eigenvalue weighted by Crippen LogP contribution is -2.49. The van der Waals surface area contributed by atoms with Crippen LogP contribution in [0.1, 0.15) is 35.9 Å². The highest BCUT2D eigenvalue weighted by Crippen LogP contribution is 2.36. The molecule has 2 aliphatic rings. The highest BCUT2D eigenvalue weighted by molar-refractivity contribution is 6.30. The predicted molar refractivity (Wildman–Crippen MR) is 121 cm³/mol. The van der Waals surface area contributed by atoms with E-state index in [1.807, 2.05) is 70.4 Å². The van der Waals surface area contributed by atoms with Crippen molar-refractivity contribution in [2.45, 2.75) is 37.8 Å². The molecule has 0 aliphatic carbocycles. The molecule has 1 amide bonds. The maximum atomic E-state index is 13.4. The first-order valence-electron chi connectivity index (χ1n) is 10.9. The number of fused-ring (bicyclic) bond motifs is 4. The Morgan fingerprint density at radius 2 is 1.77 bits per heavy atom. The van der Waals surface area contributed by atoms with Gasteiger partial charge < -0.3 is 14.0 Å². The molecule has 31 heavy (non-hydrogen) atoms. The van der Waals surface area contributed by atoms with Crippen LogP contribution in [0.5, 0.6) is 0 Å². The Balaban J connectivity index is 1.35. The third-order valence-corrected chi connectivity index (χ3v) is 6.94. The van der Waals surface area contributed by atoms with Gasteiger partial charge in [-0.1, -0.05) is 29.8 Å². The summed E-state index contributed by atoms with van der Waals surface area (Å²) in [4.78, 5) is 27.7. The van der Waals surface area contributed by atoms with Gasteiger partial charge in [-0.2, -0.15) is 0 Å². The van der Waals surface area contributed by atoms with Crippen LogP contribution in [-0.2, 0) is 17.9 Å². The van der Waals surface area contributed by atoms with Crippen molar-refractivity contribution in [3.63, 3.8) is 0 Å². The summed E-state index contributed by atoms with van der Waals surface area (Å²) in [5.41, 5.74) is 2.27. The number of piperidine rings is 1. The molecule has 160 valence electrons. The van der Waals surface area contributed by atoms with Crippen LogP contribution in [0.25, 0.3) is 0 Å². The zero-order valence-electron chi connectivity index (χ0n) is 17.4. The maximum absolute atomic E-state index is 13.4. The summed E-state index contributed by atoms with van der Waals surface area (Å²) >= 11 is 6.09. The Morgan fingerprint density at radius 3 is 2.55 bits per heavy atom. The van der Waals surface area contributed by atoms with E-state index in [0.29, 0.717) is 30.5 Å². The van der Waals surface area contributed by atoms with E-state index in [1.54, 1.807) is 6.07 Å². The minimum atomic E-state index is 0.0708. The van der Waals surface area contributed by atoms with E-state index in [-0.39, 0.29) is 23.3 Å². The van der Waals surface area contributed by atoms with Crippen molar-refractivity contribution in [3.05, 3.63) is 93.6 Å². The average molecular weight is 436 g/mol. The van der Waals surface area contributed by atoms with Crippen molar-refractivity contribution >= 4 is 17.5 Å². The first kappa shape index (κ1) is 20.1. The Labute approximate surface area is 186 Å². The molecule has 2 aliphatic heterocycles. The molecule has 5 rings (SSSR count). The number of hydrogen-bond donors (Lipinski definition) is 0. The minimum Gasteiger partial charge on any atom is -0.354 e. The van der Waals surface area contributed by atoms with Crippen LogP contribution < -0.4 is 5.56 Å². The van der Waals surface area contributed by atoms with Gasteiger partial charge in [0, 0.05) is 73.6 Å². The molecule has 1 saturated heterocycles. The van der Waals surface area contributed by atoms with Gasteiger partial charge in [0.15, 0.2) is 0 Å². The fourth-order valence-corrected chi connectivity index (χ4v) is 5.34. The number of hydrogen-bond acceptors (Lipinski definition) is 2. The Kier molecular flexibility index (Phi) is 5.45. The third kappa shape index (κ3) is 4.19. The monoisotopic (exact) mass is 435 g/mol. The van der Waals surface area contributed by atoms with Crippen LogP contribution in [0, 0.1) is 5.92 Å². The molecule has 2 bridgehead atoms. The van der Waals surface area contributed by atoms with Crippen LogP contribution in [0.15, 0.2) is 71.8 Å². The molecular weight excluding hydrogens is 410 g/mol. The molecule has 0 N–H and O–H groups in total. The van der Waals surface area contributed by atoms with E-state index in [9.17, 15) is 9.59 Å². The Morgan fingerprint density at radius 1 is 1.00 bits per heavy atom. The zero-order chi connectivity index (χ0) is 21.4. The van der Waals surface area contributed by atoms with Crippen LogP contribution in [0.4, 0.5) is 0 Å². The number of aromatic nitrogens is 2. The van der Waals surface area contributed by atoms with Crippen molar-refractivity contribution in [3.8, 4) is 0 Å². The van der Waals surface area contributed by atoms with Crippen LogP contribution in [0.3, 0.4) is 0 Å². The number of nitrogens with zero attached hydrogens (tertiary/aromatic N) is 3.